The van der Waals surface area contributed by atoms with Gasteiger partial charge in [0.2, 0.25) is 0 Å². The molecule has 0 aliphatic carbocycles. The Morgan fingerprint density at radius 2 is 0.615 bits per heavy atom. The van der Waals surface area contributed by atoms with Crippen LogP contribution in [0.3, 0.4) is 0 Å². The van der Waals surface area contributed by atoms with E-state index in [1.54, 1.807) is 0 Å². The summed E-state index contributed by atoms with van der Waals surface area (Å²) in [5.41, 5.74) is 0. The quantitative estimate of drug-likeness (QED) is 0.143. The Balaban J connectivity index is 6.96. The molecule has 0 heterocycles. The first kappa shape index (κ1) is 37.7. The molecule has 24 heteroatoms. The van der Waals surface area contributed by atoms with Crippen LogP contribution in [-0.2, 0) is 8.85 Å². The van der Waals surface area contributed by atoms with Crippen molar-refractivity contribution in [2.24, 2.45) is 0 Å². The summed E-state index contributed by atoms with van der Waals surface area (Å²) in [6.45, 7) is 0.528. The maximum absolute atomic E-state index is 13.9. The molecule has 0 radical (unpaired) electrons. The van der Waals surface area contributed by atoms with Crippen LogP contribution < -0.4 is 0 Å². The Labute approximate surface area is 204 Å². The van der Waals surface area contributed by atoms with Crippen molar-refractivity contribution in [3.8, 4) is 0 Å². The van der Waals surface area contributed by atoms with Crippen molar-refractivity contribution < 1.29 is 101 Å². The van der Waals surface area contributed by atoms with Gasteiger partial charge in [-0.1, -0.05) is 0 Å². The molecule has 2 nitrogen and oxygen atoms in total. The van der Waals surface area contributed by atoms with E-state index in [0.29, 0.717) is 0 Å². The molecule has 0 aliphatic rings. The summed E-state index contributed by atoms with van der Waals surface area (Å²) in [4.78, 5) is 0. The molecule has 0 saturated carbocycles. The molecule has 236 valence electrons. The highest BCUT2D eigenvalue weighted by Crippen LogP contribution is 2.66. The number of rotatable bonds is 14. The summed E-state index contributed by atoms with van der Waals surface area (Å²) >= 11 is 0. The highest BCUT2D eigenvalue weighted by Gasteiger charge is 2.97. The third-order valence-corrected chi connectivity index (χ3v) is 6.96. The summed E-state index contributed by atoms with van der Waals surface area (Å²) in [6, 6.07) is -2.80. The Morgan fingerprint density at radius 1 is 0.385 bits per heavy atom. The van der Waals surface area contributed by atoms with Crippen LogP contribution in [0.1, 0.15) is 13.8 Å². The second-order valence-electron chi connectivity index (χ2n) is 7.34. The fourth-order valence-corrected chi connectivity index (χ4v) is 4.22. The zero-order valence-corrected chi connectivity index (χ0v) is 19.6. The van der Waals surface area contributed by atoms with Gasteiger partial charge in [0, 0.05) is 13.2 Å². The van der Waals surface area contributed by atoms with E-state index < -0.39 is 88.0 Å². The van der Waals surface area contributed by atoms with Crippen LogP contribution in [0.4, 0.5) is 92.2 Å². The molecule has 0 spiro atoms. The number of alkyl halides is 21. The van der Waals surface area contributed by atoms with Gasteiger partial charge in [0.05, 0.1) is 6.04 Å². The Bertz CT molecular complexity index is 830. The molecular weight excluding hydrogens is 639 g/mol. The lowest BCUT2D eigenvalue weighted by Gasteiger charge is -2.44. The predicted molar refractivity (Wildman–Crippen MR) is 85.8 cm³/mol. The van der Waals surface area contributed by atoms with Crippen LogP contribution in [0.5, 0.6) is 0 Å². The van der Waals surface area contributed by atoms with Crippen LogP contribution >= 0.6 is 0 Å². The van der Waals surface area contributed by atoms with Crippen molar-refractivity contribution in [2.75, 3.05) is 13.2 Å². The summed E-state index contributed by atoms with van der Waals surface area (Å²) in [5, 5.41) is 0. The molecule has 0 aliphatic heterocycles. The predicted octanol–water partition coefficient (Wildman–Crippen LogP) is 7.56. The molecule has 0 rings (SSSR count). The first-order valence-electron chi connectivity index (χ1n) is 9.44. The first-order valence-corrected chi connectivity index (χ1v) is 11.2. The van der Waals surface area contributed by atoms with Gasteiger partial charge in [0.1, 0.15) is 0 Å². The number of hydrogen-bond donors (Lipinski definition) is 0. The fourth-order valence-electron chi connectivity index (χ4n) is 2.47. The zero-order valence-electron chi connectivity index (χ0n) is 18.5. The molecular formula is C15H13F21O2Si. The third-order valence-electron chi connectivity index (χ3n) is 4.70. The lowest BCUT2D eigenvalue weighted by molar-refractivity contribution is -0.473. The van der Waals surface area contributed by atoms with Gasteiger partial charge in [-0.15, -0.1) is 0 Å². The average Bonchev–Trinajstić information content (AvgIpc) is 2.71. The average molecular weight is 652 g/mol. The van der Waals surface area contributed by atoms with Gasteiger partial charge in [0.25, 0.3) is 0 Å². The van der Waals surface area contributed by atoms with E-state index in [1.165, 1.54) is 0 Å². The lowest BCUT2D eigenvalue weighted by Crippen LogP contribution is -2.76. The van der Waals surface area contributed by atoms with Crippen molar-refractivity contribution in [3.05, 3.63) is 0 Å². The molecule has 39 heavy (non-hydrogen) atoms. The van der Waals surface area contributed by atoms with Crippen LogP contribution in [0.25, 0.3) is 0 Å². The first-order chi connectivity index (χ1) is 16.7. The van der Waals surface area contributed by atoms with E-state index in [-0.39, 0.29) is 0 Å². The normalized spacial score (nSPS) is 16.3. The third kappa shape index (κ3) is 5.36. The second kappa shape index (κ2) is 10.5. The molecule has 0 saturated heterocycles. The van der Waals surface area contributed by atoms with Crippen molar-refractivity contribution in [2.45, 2.75) is 79.4 Å². The molecule has 0 atom stereocenters. The van der Waals surface area contributed by atoms with E-state index in [1.807, 2.05) is 0 Å². The van der Waals surface area contributed by atoms with Crippen LogP contribution in [0, 0.1) is 0 Å². The van der Waals surface area contributed by atoms with Gasteiger partial charge in [-0.05, 0) is 13.8 Å². The minimum Gasteiger partial charge on any atom is -0.397 e. The SMILES string of the molecule is CCO[SiH](CC(F)(F)C(F)(F)C(F)(F)C(F)(F)C(F)(F)C(F)(F)C(F)(F)C(F)(F)C(F)(F)C(F)(F)F)OCC. The van der Waals surface area contributed by atoms with E-state index in [2.05, 4.69) is 8.85 Å². The maximum Gasteiger partial charge on any atom is 0.460 e. The standard InChI is InChI=1S/C15H13F21O2Si/c1-3-37-39(38-4-2)5-6(16,17)7(18,19)8(20,21)9(22,23)10(24,25)11(26,27)12(28,29)13(30,31)14(32,33)15(34,35)36/h39H,3-5H2,1-2H3. The Morgan fingerprint density at radius 3 is 0.846 bits per heavy atom. The largest absolute Gasteiger partial charge is 0.460 e. The second-order valence-corrected chi connectivity index (χ2v) is 9.28. The molecule has 0 fully saturated rings. The van der Waals surface area contributed by atoms with Crippen LogP contribution in [0.15, 0.2) is 0 Å². The van der Waals surface area contributed by atoms with Crippen LogP contribution in [0.2, 0.25) is 6.04 Å². The van der Waals surface area contributed by atoms with Crippen molar-refractivity contribution >= 4 is 9.28 Å². The lowest BCUT2D eigenvalue weighted by atomic mass is 9.86. The highest BCUT2D eigenvalue weighted by molar-refractivity contribution is 6.44. The highest BCUT2D eigenvalue weighted by atomic mass is 28.3. The molecule has 0 aromatic carbocycles. The van der Waals surface area contributed by atoms with Crippen molar-refractivity contribution in [3.63, 3.8) is 0 Å². The molecule has 0 unspecified atom stereocenters. The molecule has 0 amide bonds. The van der Waals surface area contributed by atoms with Gasteiger partial charge >= 0.3 is 68.8 Å². The Kier molecular flexibility index (Phi) is 10.1. The van der Waals surface area contributed by atoms with Gasteiger partial charge in [-0.2, -0.15) is 92.2 Å². The summed E-state index contributed by atoms with van der Waals surface area (Å²) < 4.78 is 288. The molecule has 0 aromatic rings. The number of halogens is 21. The molecule has 0 bridgehead atoms. The van der Waals surface area contributed by atoms with E-state index in [4.69, 9.17) is 0 Å². The summed E-state index contributed by atoms with van der Waals surface area (Å²) in [5.74, 6) is -77.0. The van der Waals surface area contributed by atoms with Gasteiger partial charge in [-0.3, -0.25) is 0 Å². The van der Waals surface area contributed by atoms with E-state index in [0.717, 1.165) is 13.8 Å². The molecule has 0 aromatic heterocycles. The minimum atomic E-state index is -9.18. The minimum absolute atomic E-state index is 0.693. The van der Waals surface area contributed by atoms with E-state index >= 15 is 0 Å². The number of hydrogen-bond acceptors (Lipinski definition) is 2. The van der Waals surface area contributed by atoms with Crippen LogP contribution in [-0.4, -0.2) is 82.0 Å². The summed E-state index contributed by atoms with van der Waals surface area (Å²) in [6.07, 6.45) is -8.01. The molecule has 0 N–H and O–H groups in total. The fraction of sp³-hybridized carbons (Fsp3) is 1.00. The van der Waals surface area contributed by atoms with E-state index in [9.17, 15) is 92.2 Å². The van der Waals surface area contributed by atoms with Gasteiger partial charge in [0.15, 0.2) is 0 Å². The zero-order chi connectivity index (χ0) is 32.1. The Hall–Kier alpha value is -1.33. The van der Waals surface area contributed by atoms with Gasteiger partial charge < -0.3 is 8.85 Å². The maximum atomic E-state index is 13.9. The van der Waals surface area contributed by atoms with Crippen molar-refractivity contribution in [1.82, 2.24) is 0 Å². The monoisotopic (exact) mass is 652 g/mol. The topological polar surface area (TPSA) is 18.5 Å². The van der Waals surface area contributed by atoms with Crippen molar-refractivity contribution in [1.29, 1.82) is 0 Å². The van der Waals surface area contributed by atoms with Gasteiger partial charge in [-0.25, -0.2) is 0 Å². The smallest absolute Gasteiger partial charge is 0.397 e. The summed E-state index contributed by atoms with van der Waals surface area (Å²) in [7, 11) is -4.30.